The summed E-state index contributed by atoms with van der Waals surface area (Å²) in [7, 11) is 0. The minimum Gasteiger partial charge on any atom is -0.369 e. The van der Waals surface area contributed by atoms with Crippen LogP contribution in [-0.2, 0) is 6.42 Å². The molecule has 0 radical (unpaired) electrons. The van der Waals surface area contributed by atoms with Crippen LogP contribution >= 0.6 is 11.6 Å². The van der Waals surface area contributed by atoms with Crippen LogP contribution in [0.2, 0.25) is 5.02 Å². The smallest absolute Gasteiger partial charge is 0.0737 e. The van der Waals surface area contributed by atoms with Crippen LogP contribution in [-0.4, -0.2) is 36.1 Å². The number of benzene rings is 3. The predicted molar refractivity (Wildman–Crippen MR) is 149 cm³/mol. The lowest BCUT2D eigenvalue weighted by Gasteiger charge is -2.39. The Morgan fingerprint density at radius 3 is 2.37 bits per heavy atom. The minimum atomic E-state index is 0.391. The summed E-state index contributed by atoms with van der Waals surface area (Å²) in [5.74, 6) is 0. The molecule has 1 aromatic heterocycles. The molecule has 0 saturated carbocycles. The SMILES string of the molecule is CCCc1ccc(N2CCN(C(C)c3ccc(Nc4ccnc5cc(Cl)ccc45)cc3)CC2)cc1. The Balaban J connectivity index is 1.20. The lowest BCUT2D eigenvalue weighted by atomic mass is 10.0. The first-order chi connectivity index (χ1) is 17.1. The van der Waals surface area contributed by atoms with Gasteiger partial charge in [-0.1, -0.05) is 49.2 Å². The molecule has 4 nitrogen and oxygen atoms in total. The van der Waals surface area contributed by atoms with Gasteiger partial charge in [-0.05, 0) is 73.0 Å². The summed E-state index contributed by atoms with van der Waals surface area (Å²) < 4.78 is 0. The summed E-state index contributed by atoms with van der Waals surface area (Å²) in [6.45, 7) is 8.83. The first kappa shape index (κ1) is 23.7. The Morgan fingerprint density at radius 2 is 1.66 bits per heavy atom. The van der Waals surface area contributed by atoms with Crippen molar-refractivity contribution in [2.75, 3.05) is 36.4 Å². The number of anilines is 3. The maximum Gasteiger partial charge on any atom is 0.0737 e. The zero-order valence-corrected chi connectivity index (χ0v) is 21.3. The van der Waals surface area contributed by atoms with E-state index in [0.29, 0.717) is 11.1 Å². The molecule has 180 valence electrons. The summed E-state index contributed by atoms with van der Waals surface area (Å²) in [6, 6.07) is 26.2. The van der Waals surface area contributed by atoms with Crippen LogP contribution in [0.1, 0.15) is 37.4 Å². The third kappa shape index (κ3) is 5.44. The van der Waals surface area contributed by atoms with Crippen LogP contribution in [0.15, 0.2) is 79.0 Å². The van der Waals surface area contributed by atoms with Gasteiger partial charge in [0.1, 0.15) is 0 Å². The molecule has 1 unspecified atom stereocenters. The molecule has 1 aliphatic rings. The fourth-order valence-electron chi connectivity index (χ4n) is 4.97. The Hall–Kier alpha value is -3.08. The van der Waals surface area contributed by atoms with Crippen LogP contribution in [0, 0.1) is 0 Å². The van der Waals surface area contributed by atoms with E-state index in [4.69, 9.17) is 11.6 Å². The Kier molecular flexibility index (Phi) is 7.21. The van der Waals surface area contributed by atoms with E-state index >= 15 is 0 Å². The zero-order valence-electron chi connectivity index (χ0n) is 20.5. The highest BCUT2D eigenvalue weighted by Gasteiger charge is 2.22. The first-order valence-corrected chi connectivity index (χ1v) is 13.0. The molecule has 1 saturated heterocycles. The Bertz CT molecular complexity index is 1260. The number of piperazine rings is 1. The molecule has 3 aromatic carbocycles. The van der Waals surface area contributed by atoms with Crippen LogP contribution in [0.4, 0.5) is 17.1 Å². The maximum absolute atomic E-state index is 6.13. The lowest BCUT2D eigenvalue weighted by molar-refractivity contribution is 0.198. The van der Waals surface area contributed by atoms with Gasteiger partial charge in [0.15, 0.2) is 0 Å². The molecule has 2 heterocycles. The number of fused-ring (bicyclic) bond motifs is 1. The monoisotopic (exact) mass is 484 g/mol. The van der Waals surface area contributed by atoms with Gasteiger partial charge in [0.05, 0.1) is 5.52 Å². The van der Waals surface area contributed by atoms with Crippen molar-refractivity contribution in [3.05, 3.63) is 95.1 Å². The van der Waals surface area contributed by atoms with Crippen molar-refractivity contribution in [3.8, 4) is 0 Å². The quantitative estimate of drug-likeness (QED) is 0.295. The van der Waals surface area contributed by atoms with Gasteiger partial charge in [-0.3, -0.25) is 9.88 Å². The van der Waals surface area contributed by atoms with E-state index in [9.17, 15) is 0 Å². The van der Waals surface area contributed by atoms with Crippen LogP contribution in [0.25, 0.3) is 10.9 Å². The molecule has 5 rings (SSSR count). The standard InChI is InChI=1S/C30H33ClN4/c1-3-4-23-5-12-27(13-6-23)35-19-17-34(18-20-35)22(2)24-7-10-26(11-8-24)33-29-15-16-32-30-21-25(31)9-14-28(29)30/h5-16,21-22H,3-4,17-20H2,1-2H3,(H,32,33). The molecule has 0 aliphatic carbocycles. The fourth-order valence-corrected chi connectivity index (χ4v) is 5.14. The number of halogens is 1. The van der Waals surface area contributed by atoms with E-state index in [1.54, 1.807) is 0 Å². The molecular weight excluding hydrogens is 452 g/mol. The van der Waals surface area contributed by atoms with Crippen molar-refractivity contribution in [3.63, 3.8) is 0 Å². The molecule has 0 amide bonds. The molecular formula is C30H33ClN4. The number of pyridine rings is 1. The Morgan fingerprint density at radius 1 is 0.914 bits per heavy atom. The highest BCUT2D eigenvalue weighted by Crippen LogP contribution is 2.29. The summed E-state index contributed by atoms with van der Waals surface area (Å²) in [5.41, 5.74) is 7.12. The second-order valence-corrected chi connectivity index (χ2v) is 9.82. The maximum atomic E-state index is 6.13. The molecule has 1 N–H and O–H groups in total. The predicted octanol–water partition coefficient (Wildman–Crippen LogP) is 7.47. The van der Waals surface area contributed by atoms with Gasteiger partial charge in [0.25, 0.3) is 0 Å². The average molecular weight is 485 g/mol. The van der Waals surface area contributed by atoms with Crippen LogP contribution < -0.4 is 10.2 Å². The van der Waals surface area contributed by atoms with Crippen molar-refractivity contribution >= 4 is 39.6 Å². The van der Waals surface area contributed by atoms with E-state index in [-0.39, 0.29) is 0 Å². The van der Waals surface area contributed by atoms with E-state index in [1.807, 2.05) is 30.5 Å². The highest BCUT2D eigenvalue weighted by molar-refractivity contribution is 6.31. The van der Waals surface area contributed by atoms with Gasteiger partial charge in [-0.2, -0.15) is 0 Å². The number of nitrogens with zero attached hydrogens (tertiary/aromatic N) is 3. The number of hydrogen-bond donors (Lipinski definition) is 1. The third-order valence-corrected chi connectivity index (χ3v) is 7.31. The minimum absolute atomic E-state index is 0.391. The fraction of sp³-hybridized carbons (Fsp3) is 0.300. The molecule has 1 atom stereocenters. The molecule has 5 heteroatoms. The zero-order chi connectivity index (χ0) is 24.2. The largest absolute Gasteiger partial charge is 0.369 e. The second-order valence-electron chi connectivity index (χ2n) is 9.38. The molecule has 1 aliphatic heterocycles. The van der Waals surface area contributed by atoms with Crippen molar-refractivity contribution in [1.82, 2.24) is 9.88 Å². The van der Waals surface area contributed by atoms with Gasteiger partial charge < -0.3 is 10.2 Å². The number of nitrogens with one attached hydrogen (secondary N) is 1. The topological polar surface area (TPSA) is 31.4 Å². The van der Waals surface area contributed by atoms with Crippen molar-refractivity contribution in [1.29, 1.82) is 0 Å². The molecule has 0 bridgehead atoms. The van der Waals surface area contributed by atoms with E-state index in [2.05, 4.69) is 82.5 Å². The van der Waals surface area contributed by atoms with Gasteiger partial charge >= 0.3 is 0 Å². The van der Waals surface area contributed by atoms with Crippen molar-refractivity contribution in [2.45, 2.75) is 32.7 Å². The number of rotatable bonds is 7. The summed E-state index contributed by atoms with van der Waals surface area (Å²) in [6.07, 6.45) is 4.17. The summed E-state index contributed by atoms with van der Waals surface area (Å²) >= 11 is 6.13. The van der Waals surface area contributed by atoms with Gasteiger partial charge in [0.2, 0.25) is 0 Å². The second kappa shape index (κ2) is 10.7. The van der Waals surface area contributed by atoms with Crippen molar-refractivity contribution in [2.24, 2.45) is 0 Å². The average Bonchev–Trinajstić information content (AvgIpc) is 2.89. The molecule has 0 spiro atoms. The van der Waals surface area contributed by atoms with Gasteiger partial charge in [-0.25, -0.2) is 0 Å². The van der Waals surface area contributed by atoms with Gasteiger partial charge in [-0.15, -0.1) is 0 Å². The highest BCUT2D eigenvalue weighted by atomic mass is 35.5. The van der Waals surface area contributed by atoms with E-state index in [1.165, 1.54) is 23.2 Å². The number of aromatic nitrogens is 1. The van der Waals surface area contributed by atoms with Crippen LogP contribution in [0.3, 0.4) is 0 Å². The third-order valence-electron chi connectivity index (χ3n) is 7.08. The summed E-state index contributed by atoms with van der Waals surface area (Å²) in [5, 5.41) is 5.31. The molecule has 4 aromatic rings. The molecule has 1 fully saturated rings. The number of hydrogen-bond acceptors (Lipinski definition) is 4. The lowest BCUT2D eigenvalue weighted by Crippen LogP contribution is -2.47. The van der Waals surface area contributed by atoms with Crippen LogP contribution in [0.5, 0.6) is 0 Å². The van der Waals surface area contributed by atoms with Crippen molar-refractivity contribution < 1.29 is 0 Å². The first-order valence-electron chi connectivity index (χ1n) is 12.6. The van der Waals surface area contributed by atoms with Gasteiger partial charge in [0, 0.05) is 65.9 Å². The van der Waals surface area contributed by atoms with E-state index in [0.717, 1.165) is 54.9 Å². The normalized spacial score (nSPS) is 15.3. The molecule has 35 heavy (non-hydrogen) atoms. The summed E-state index contributed by atoms with van der Waals surface area (Å²) in [4.78, 5) is 9.54. The van der Waals surface area contributed by atoms with E-state index < -0.39 is 0 Å². The Labute approximate surface area is 213 Å². The number of aryl methyl sites for hydroxylation is 1.